The van der Waals surface area contributed by atoms with Crippen LogP contribution < -0.4 is 20.1 Å². The maximum atomic E-state index is 12.2. The molecule has 0 heterocycles. The number of esters is 1. The van der Waals surface area contributed by atoms with Crippen LogP contribution in [0.15, 0.2) is 66.7 Å². The second-order valence-corrected chi connectivity index (χ2v) is 8.29. The molecule has 3 aromatic carbocycles. The van der Waals surface area contributed by atoms with Gasteiger partial charge in [-0.1, -0.05) is 12.1 Å². The SMILES string of the molecule is COc1cccc(NC(=O)COC(=O)CCCC(=O)Nc2ccc(Oc3cc(C)cc(C)c3)cc2)c1. The largest absolute Gasteiger partial charge is 0.497 e. The van der Waals surface area contributed by atoms with E-state index < -0.39 is 18.5 Å². The first-order chi connectivity index (χ1) is 17.3. The van der Waals surface area contributed by atoms with Gasteiger partial charge in [-0.15, -0.1) is 0 Å². The van der Waals surface area contributed by atoms with Crippen LogP contribution in [0.5, 0.6) is 17.2 Å². The molecular weight excluding hydrogens is 460 g/mol. The van der Waals surface area contributed by atoms with Crippen molar-refractivity contribution < 1.29 is 28.6 Å². The fourth-order valence-electron chi connectivity index (χ4n) is 3.47. The first-order valence-electron chi connectivity index (χ1n) is 11.6. The second-order valence-electron chi connectivity index (χ2n) is 8.29. The number of carbonyl (C=O) groups is 3. The number of aryl methyl sites for hydroxylation is 2. The smallest absolute Gasteiger partial charge is 0.306 e. The van der Waals surface area contributed by atoms with Gasteiger partial charge in [-0.05, 0) is 79.9 Å². The third-order valence-corrected chi connectivity index (χ3v) is 5.07. The predicted octanol–water partition coefficient (Wildman–Crippen LogP) is 5.40. The Balaban J connectivity index is 1.34. The van der Waals surface area contributed by atoms with E-state index in [1.807, 2.05) is 26.0 Å². The molecule has 0 unspecified atom stereocenters. The number of ether oxygens (including phenoxy) is 3. The van der Waals surface area contributed by atoms with Gasteiger partial charge in [-0.3, -0.25) is 14.4 Å². The van der Waals surface area contributed by atoms with Crippen LogP contribution in [0.4, 0.5) is 11.4 Å². The summed E-state index contributed by atoms with van der Waals surface area (Å²) in [6, 6.07) is 19.9. The zero-order chi connectivity index (χ0) is 25.9. The molecule has 0 bridgehead atoms. The molecule has 3 aromatic rings. The molecule has 0 spiro atoms. The molecule has 0 saturated heterocycles. The fraction of sp³-hybridized carbons (Fsp3) is 0.250. The summed E-state index contributed by atoms with van der Waals surface area (Å²) in [5.74, 6) is 0.798. The van der Waals surface area contributed by atoms with Crippen molar-refractivity contribution in [1.82, 2.24) is 0 Å². The van der Waals surface area contributed by atoms with E-state index in [-0.39, 0.29) is 18.7 Å². The molecule has 2 amide bonds. The molecule has 0 aliphatic carbocycles. The summed E-state index contributed by atoms with van der Waals surface area (Å²) in [5.41, 5.74) is 3.41. The molecule has 188 valence electrons. The van der Waals surface area contributed by atoms with Crippen molar-refractivity contribution in [2.45, 2.75) is 33.1 Å². The zero-order valence-corrected chi connectivity index (χ0v) is 20.6. The van der Waals surface area contributed by atoms with Gasteiger partial charge in [0.05, 0.1) is 7.11 Å². The van der Waals surface area contributed by atoms with Gasteiger partial charge < -0.3 is 24.8 Å². The lowest BCUT2D eigenvalue weighted by Gasteiger charge is -2.10. The van der Waals surface area contributed by atoms with Gasteiger partial charge >= 0.3 is 5.97 Å². The zero-order valence-electron chi connectivity index (χ0n) is 20.6. The number of amides is 2. The van der Waals surface area contributed by atoms with Gasteiger partial charge in [0.15, 0.2) is 6.61 Å². The fourth-order valence-corrected chi connectivity index (χ4v) is 3.47. The van der Waals surface area contributed by atoms with Crippen LogP contribution in [-0.4, -0.2) is 31.5 Å². The van der Waals surface area contributed by atoms with E-state index in [1.54, 1.807) is 48.5 Å². The number of anilines is 2. The lowest BCUT2D eigenvalue weighted by Crippen LogP contribution is -2.21. The topological polar surface area (TPSA) is 103 Å². The van der Waals surface area contributed by atoms with Crippen LogP contribution >= 0.6 is 0 Å². The Labute approximate surface area is 210 Å². The number of nitrogens with one attached hydrogen (secondary N) is 2. The van der Waals surface area contributed by atoms with E-state index >= 15 is 0 Å². The quantitative estimate of drug-likeness (QED) is 0.349. The molecule has 0 aliphatic heterocycles. The molecule has 8 nitrogen and oxygen atoms in total. The summed E-state index contributed by atoms with van der Waals surface area (Å²) in [6.45, 7) is 3.62. The number of benzene rings is 3. The molecule has 2 N–H and O–H groups in total. The van der Waals surface area contributed by atoms with Crippen molar-refractivity contribution in [3.63, 3.8) is 0 Å². The Kier molecular flexibility index (Phi) is 9.45. The third-order valence-electron chi connectivity index (χ3n) is 5.07. The maximum Gasteiger partial charge on any atom is 0.306 e. The second kappa shape index (κ2) is 12.9. The van der Waals surface area contributed by atoms with Crippen molar-refractivity contribution in [2.75, 3.05) is 24.4 Å². The summed E-state index contributed by atoms with van der Waals surface area (Å²) in [4.78, 5) is 36.1. The standard InChI is InChI=1S/C28H30N2O6/c1-19-14-20(2)16-25(15-19)36-23-12-10-21(11-13-23)29-26(31)8-5-9-28(33)35-18-27(32)30-22-6-4-7-24(17-22)34-3/h4,6-7,10-17H,5,8-9,18H2,1-3H3,(H,29,31)(H,30,32). The average molecular weight is 491 g/mol. The minimum absolute atomic E-state index is 0.0303. The van der Waals surface area contributed by atoms with Gasteiger partial charge in [0.1, 0.15) is 17.2 Å². The molecule has 0 aromatic heterocycles. The van der Waals surface area contributed by atoms with Crippen molar-refractivity contribution in [1.29, 1.82) is 0 Å². The number of methoxy groups -OCH3 is 1. The van der Waals surface area contributed by atoms with Crippen molar-refractivity contribution in [2.24, 2.45) is 0 Å². The van der Waals surface area contributed by atoms with Crippen molar-refractivity contribution in [3.8, 4) is 17.2 Å². The lowest BCUT2D eigenvalue weighted by atomic mass is 10.1. The first kappa shape index (κ1) is 26.3. The van der Waals surface area contributed by atoms with E-state index in [0.29, 0.717) is 29.3 Å². The Morgan fingerprint density at radius 3 is 2.11 bits per heavy atom. The normalized spacial score (nSPS) is 10.3. The molecular formula is C28H30N2O6. The highest BCUT2D eigenvalue weighted by Gasteiger charge is 2.10. The molecule has 0 aliphatic rings. The monoisotopic (exact) mass is 490 g/mol. The highest BCUT2D eigenvalue weighted by atomic mass is 16.5. The van der Waals surface area contributed by atoms with Gasteiger partial charge in [-0.2, -0.15) is 0 Å². The summed E-state index contributed by atoms with van der Waals surface area (Å²) in [7, 11) is 1.53. The summed E-state index contributed by atoms with van der Waals surface area (Å²) >= 11 is 0. The minimum atomic E-state index is -0.545. The average Bonchev–Trinajstić information content (AvgIpc) is 2.83. The van der Waals surface area contributed by atoms with Gasteiger partial charge in [-0.25, -0.2) is 0 Å². The highest BCUT2D eigenvalue weighted by Crippen LogP contribution is 2.25. The number of hydrogen-bond acceptors (Lipinski definition) is 6. The lowest BCUT2D eigenvalue weighted by molar-refractivity contribution is -0.147. The predicted molar refractivity (Wildman–Crippen MR) is 137 cm³/mol. The number of rotatable bonds is 11. The first-order valence-corrected chi connectivity index (χ1v) is 11.6. The molecule has 0 fully saturated rings. The Morgan fingerprint density at radius 2 is 1.42 bits per heavy atom. The van der Waals surface area contributed by atoms with Crippen molar-refractivity contribution in [3.05, 3.63) is 77.9 Å². The van der Waals surface area contributed by atoms with E-state index in [9.17, 15) is 14.4 Å². The third kappa shape index (κ3) is 8.79. The van der Waals surface area contributed by atoms with Crippen LogP contribution in [-0.2, 0) is 19.1 Å². The van der Waals surface area contributed by atoms with Crippen LogP contribution in [0.2, 0.25) is 0 Å². The van der Waals surface area contributed by atoms with E-state index in [2.05, 4.69) is 16.7 Å². The van der Waals surface area contributed by atoms with E-state index in [0.717, 1.165) is 16.9 Å². The van der Waals surface area contributed by atoms with Crippen molar-refractivity contribution >= 4 is 29.2 Å². The summed E-state index contributed by atoms with van der Waals surface area (Å²) < 4.78 is 16.0. The van der Waals surface area contributed by atoms with Crippen LogP contribution in [0.3, 0.4) is 0 Å². The van der Waals surface area contributed by atoms with Crippen LogP contribution in [0, 0.1) is 13.8 Å². The van der Waals surface area contributed by atoms with Gasteiger partial charge in [0, 0.05) is 30.3 Å². The molecule has 8 heteroatoms. The van der Waals surface area contributed by atoms with Crippen LogP contribution in [0.25, 0.3) is 0 Å². The number of hydrogen-bond donors (Lipinski definition) is 2. The molecule has 0 radical (unpaired) electrons. The minimum Gasteiger partial charge on any atom is -0.497 e. The van der Waals surface area contributed by atoms with Gasteiger partial charge in [0.25, 0.3) is 5.91 Å². The Bertz CT molecular complexity index is 1190. The van der Waals surface area contributed by atoms with E-state index in [1.165, 1.54) is 7.11 Å². The summed E-state index contributed by atoms with van der Waals surface area (Å²) in [5, 5.41) is 5.42. The van der Waals surface area contributed by atoms with Gasteiger partial charge in [0.2, 0.25) is 5.91 Å². The van der Waals surface area contributed by atoms with E-state index in [4.69, 9.17) is 14.2 Å². The molecule has 36 heavy (non-hydrogen) atoms. The molecule has 0 atom stereocenters. The van der Waals surface area contributed by atoms with Crippen LogP contribution in [0.1, 0.15) is 30.4 Å². The maximum absolute atomic E-state index is 12.2. The number of carbonyl (C=O) groups excluding carboxylic acids is 3. The Hall–Kier alpha value is -4.33. The highest BCUT2D eigenvalue weighted by molar-refractivity contribution is 5.93. The molecule has 3 rings (SSSR count). The summed E-state index contributed by atoms with van der Waals surface area (Å²) in [6.07, 6.45) is 0.477. The Morgan fingerprint density at radius 1 is 0.722 bits per heavy atom. The molecule has 0 saturated carbocycles.